The summed E-state index contributed by atoms with van der Waals surface area (Å²) >= 11 is 1.90. The number of rotatable bonds is 6. The molecule has 0 saturated carbocycles. The number of halogens is 3. The van der Waals surface area contributed by atoms with Gasteiger partial charge in [-0.3, -0.25) is 0 Å². The highest BCUT2D eigenvalue weighted by atomic mass is 32.2. The van der Waals surface area contributed by atoms with Crippen molar-refractivity contribution in [2.75, 3.05) is 31.1 Å². The van der Waals surface area contributed by atoms with Crippen LogP contribution in [-0.4, -0.2) is 53.4 Å². The van der Waals surface area contributed by atoms with E-state index in [4.69, 9.17) is 0 Å². The van der Waals surface area contributed by atoms with E-state index in [1.165, 1.54) is 0 Å². The Kier molecular flexibility index (Phi) is 6.97. The quantitative estimate of drug-likeness (QED) is 0.763. The largest absolute Gasteiger partial charge is 0.414 e. The van der Waals surface area contributed by atoms with Gasteiger partial charge in [0.1, 0.15) is 0 Å². The Bertz CT molecular complexity index is 253. The lowest BCUT2D eigenvalue weighted by atomic mass is 9.91. The van der Waals surface area contributed by atoms with E-state index in [0.29, 0.717) is 31.8 Å². The molecule has 1 rings (SSSR count). The smallest absolute Gasteiger partial charge is 0.383 e. The van der Waals surface area contributed by atoms with E-state index < -0.39 is 18.2 Å². The number of hydrogen-bond acceptors (Lipinski definition) is 3. The lowest BCUT2D eigenvalue weighted by Crippen LogP contribution is -2.43. The zero-order chi connectivity index (χ0) is 14.5. The van der Waals surface area contributed by atoms with Gasteiger partial charge < -0.3 is 10.0 Å². The average Bonchev–Trinajstić information content (AvgIpc) is 2.33. The molecule has 0 aliphatic carbocycles. The van der Waals surface area contributed by atoms with Gasteiger partial charge in [-0.05, 0) is 43.5 Å². The first-order valence-corrected chi connectivity index (χ1v) is 8.01. The number of aliphatic hydroxyl groups excluding tert-OH is 1. The van der Waals surface area contributed by atoms with Gasteiger partial charge in [0.05, 0.1) is 0 Å². The maximum atomic E-state index is 12.4. The molecule has 0 amide bonds. The standard InChI is InChI=1S/C13H24F3NOS/c1-10(2)9-19-8-7-17-5-3-11(4-6-17)12(18)13(14,15)16/h10-12,18H,3-9H2,1-2H3. The lowest BCUT2D eigenvalue weighted by molar-refractivity contribution is -0.223. The molecular formula is C13H24F3NOS. The highest BCUT2D eigenvalue weighted by molar-refractivity contribution is 7.99. The number of aliphatic hydroxyl groups is 1. The van der Waals surface area contributed by atoms with Gasteiger partial charge in [0.15, 0.2) is 6.10 Å². The molecule has 0 aromatic rings. The molecule has 2 nitrogen and oxygen atoms in total. The molecule has 0 radical (unpaired) electrons. The monoisotopic (exact) mass is 299 g/mol. The fourth-order valence-electron chi connectivity index (χ4n) is 2.27. The molecule has 0 spiro atoms. The van der Waals surface area contributed by atoms with Gasteiger partial charge in [-0.2, -0.15) is 24.9 Å². The molecule has 1 aliphatic rings. The van der Waals surface area contributed by atoms with E-state index in [1.54, 1.807) is 0 Å². The zero-order valence-corrected chi connectivity index (χ0v) is 12.4. The highest BCUT2D eigenvalue weighted by Gasteiger charge is 2.43. The Labute approximate surface area is 117 Å². The second kappa shape index (κ2) is 7.74. The minimum absolute atomic E-state index is 0.440. The molecule has 1 N–H and O–H groups in total. The topological polar surface area (TPSA) is 23.5 Å². The van der Waals surface area contributed by atoms with Crippen LogP contribution < -0.4 is 0 Å². The van der Waals surface area contributed by atoms with Gasteiger partial charge in [0, 0.05) is 12.3 Å². The normalized spacial score (nSPS) is 21.0. The summed E-state index contributed by atoms with van der Waals surface area (Å²) in [5.74, 6) is 2.21. The molecule has 1 unspecified atom stereocenters. The molecular weight excluding hydrogens is 275 g/mol. The number of hydrogen-bond donors (Lipinski definition) is 1. The average molecular weight is 299 g/mol. The number of nitrogens with zero attached hydrogens (tertiary/aromatic N) is 1. The van der Waals surface area contributed by atoms with Crippen molar-refractivity contribution in [1.82, 2.24) is 4.90 Å². The van der Waals surface area contributed by atoms with Crippen LogP contribution in [0.3, 0.4) is 0 Å². The fraction of sp³-hybridized carbons (Fsp3) is 1.00. The summed E-state index contributed by atoms with van der Waals surface area (Å²) in [5.41, 5.74) is 0. The maximum Gasteiger partial charge on any atom is 0.414 e. The summed E-state index contributed by atoms with van der Waals surface area (Å²) in [6.45, 7) is 6.63. The Hall–Kier alpha value is 0.0600. The van der Waals surface area contributed by atoms with Crippen molar-refractivity contribution >= 4 is 11.8 Å². The van der Waals surface area contributed by atoms with Crippen LogP contribution in [0.5, 0.6) is 0 Å². The van der Waals surface area contributed by atoms with Crippen LogP contribution in [0.1, 0.15) is 26.7 Å². The van der Waals surface area contributed by atoms with Crippen LogP contribution in [0.25, 0.3) is 0 Å². The number of alkyl halides is 3. The first-order chi connectivity index (χ1) is 8.80. The van der Waals surface area contributed by atoms with E-state index in [9.17, 15) is 18.3 Å². The van der Waals surface area contributed by atoms with E-state index in [-0.39, 0.29) is 0 Å². The molecule has 1 aliphatic heterocycles. The zero-order valence-electron chi connectivity index (χ0n) is 11.6. The van der Waals surface area contributed by atoms with Crippen molar-refractivity contribution in [3.8, 4) is 0 Å². The molecule has 1 atom stereocenters. The van der Waals surface area contributed by atoms with Crippen molar-refractivity contribution in [2.24, 2.45) is 11.8 Å². The number of likely N-dealkylation sites (tertiary alicyclic amines) is 1. The van der Waals surface area contributed by atoms with E-state index in [0.717, 1.165) is 18.1 Å². The van der Waals surface area contributed by atoms with Crippen LogP contribution >= 0.6 is 11.8 Å². The summed E-state index contributed by atoms with van der Waals surface area (Å²) in [5, 5.41) is 9.22. The van der Waals surface area contributed by atoms with Crippen LogP contribution in [0.2, 0.25) is 0 Å². The molecule has 19 heavy (non-hydrogen) atoms. The molecule has 1 fully saturated rings. The third-order valence-electron chi connectivity index (χ3n) is 3.42. The predicted molar refractivity (Wildman–Crippen MR) is 73.4 cm³/mol. The number of piperidine rings is 1. The molecule has 0 aromatic heterocycles. The predicted octanol–water partition coefficient (Wildman–Crippen LogP) is 3.01. The van der Waals surface area contributed by atoms with Crippen molar-refractivity contribution < 1.29 is 18.3 Å². The molecule has 0 bridgehead atoms. The minimum atomic E-state index is -4.47. The summed E-state index contributed by atoms with van der Waals surface area (Å²) in [6, 6.07) is 0. The second-order valence-electron chi connectivity index (χ2n) is 5.63. The Morgan fingerprint density at radius 2 is 1.84 bits per heavy atom. The first kappa shape index (κ1) is 17.1. The molecule has 114 valence electrons. The van der Waals surface area contributed by atoms with Crippen LogP contribution in [-0.2, 0) is 0 Å². The van der Waals surface area contributed by atoms with Crippen LogP contribution in [0, 0.1) is 11.8 Å². The van der Waals surface area contributed by atoms with E-state index in [2.05, 4.69) is 18.7 Å². The van der Waals surface area contributed by atoms with Crippen LogP contribution in [0.4, 0.5) is 13.2 Å². The summed E-state index contributed by atoms with van der Waals surface area (Å²) in [6.07, 6.45) is -5.74. The van der Waals surface area contributed by atoms with Crippen LogP contribution in [0.15, 0.2) is 0 Å². The lowest BCUT2D eigenvalue weighted by Gasteiger charge is -2.34. The van der Waals surface area contributed by atoms with Crippen molar-refractivity contribution in [1.29, 1.82) is 0 Å². The van der Waals surface area contributed by atoms with E-state index in [1.807, 2.05) is 11.8 Å². The van der Waals surface area contributed by atoms with Crippen molar-refractivity contribution in [3.63, 3.8) is 0 Å². The summed E-state index contributed by atoms with van der Waals surface area (Å²) < 4.78 is 37.2. The summed E-state index contributed by atoms with van der Waals surface area (Å²) in [4.78, 5) is 2.20. The highest BCUT2D eigenvalue weighted by Crippen LogP contribution is 2.31. The summed E-state index contributed by atoms with van der Waals surface area (Å²) in [7, 11) is 0. The van der Waals surface area contributed by atoms with Gasteiger partial charge in [-0.25, -0.2) is 0 Å². The third kappa shape index (κ3) is 6.36. The minimum Gasteiger partial charge on any atom is -0.383 e. The molecule has 6 heteroatoms. The molecule has 1 saturated heterocycles. The van der Waals surface area contributed by atoms with E-state index >= 15 is 0 Å². The van der Waals surface area contributed by atoms with Gasteiger partial charge in [0.2, 0.25) is 0 Å². The first-order valence-electron chi connectivity index (χ1n) is 6.85. The SMILES string of the molecule is CC(C)CSCCN1CCC(C(O)C(F)(F)F)CC1. The Morgan fingerprint density at radius 1 is 1.26 bits per heavy atom. The van der Waals surface area contributed by atoms with Gasteiger partial charge >= 0.3 is 6.18 Å². The molecule has 0 aromatic carbocycles. The van der Waals surface area contributed by atoms with Gasteiger partial charge in [-0.1, -0.05) is 13.8 Å². The Balaban J connectivity index is 2.18. The van der Waals surface area contributed by atoms with Gasteiger partial charge in [-0.15, -0.1) is 0 Å². The number of thioether (sulfide) groups is 1. The van der Waals surface area contributed by atoms with Gasteiger partial charge in [0.25, 0.3) is 0 Å². The van der Waals surface area contributed by atoms with Crippen molar-refractivity contribution in [3.05, 3.63) is 0 Å². The fourth-order valence-corrected chi connectivity index (χ4v) is 3.30. The molecule has 1 heterocycles. The Morgan fingerprint density at radius 3 is 2.32 bits per heavy atom. The third-order valence-corrected chi connectivity index (χ3v) is 4.79. The van der Waals surface area contributed by atoms with Crippen molar-refractivity contribution in [2.45, 2.75) is 39.0 Å². The second-order valence-corrected chi connectivity index (χ2v) is 6.78. The maximum absolute atomic E-state index is 12.4.